The number of aliphatic hydroxyl groups is 2. The third-order valence-electron chi connectivity index (χ3n) is 12.8. The Bertz CT molecular complexity index is 966. The van der Waals surface area contributed by atoms with Crippen LogP contribution in [0.15, 0.2) is 24.3 Å². The molecule has 0 aliphatic heterocycles. The normalized spacial score (nSPS) is 12.8. The number of hydrogen-bond donors (Lipinski definition) is 3. The largest absolute Gasteiger partial charge is 0.466 e. The summed E-state index contributed by atoms with van der Waals surface area (Å²) in [6.45, 7) is 4.88. The first-order valence-electron chi connectivity index (χ1n) is 27.6. The Morgan fingerprint density at radius 1 is 0.452 bits per heavy atom. The third-order valence-corrected chi connectivity index (χ3v) is 12.8. The number of amides is 1. The van der Waals surface area contributed by atoms with E-state index in [0.717, 1.165) is 70.6 Å². The number of carbonyl (C=O) groups excluding carboxylic acids is 2. The van der Waals surface area contributed by atoms with Gasteiger partial charge in [-0.15, -0.1) is 0 Å². The maximum atomic E-state index is 12.5. The summed E-state index contributed by atoms with van der Waals surface area (Å²) < 4.78 is 5.45. The quantitative estimate of drug-likeness (QED) is 0.0321. The average molecular weight is 874 g/mol. The number of rotatable bonds is 51. The predicted octanol–water partition coefficient (Wildman–Crippen LogP) is 16.7. The minimum atomic E-state index is -0.683. The lowest BCUT2D eigenvalue weighted by atomic mass is 10.0. The van der Waals surface area contributed by atoms with Gasteiger partial charge in [0.1, 0.15) is 0 Å². The van der Waals surface area contributed by atoms with E-state index in [1.54, 1.807) is 0 Å². The molecule has 0 aliphatic carbocycles. The maximum absolute atomic E-state index is 12.5. The number of carbonyl (C=O) groups is 2. The SMILES string of the molecule is CCCCCC/C=C\C/C=C\CCCCCCCC(=O)OCCCCCCCCCCCC(=O)NC(CO)C(O)CCCCCCCCCCCCCCCCCCCCCC. The maximum Gasteiger partial charge on any atom is 0.305 e. The number of nitrogens with one attached hydrogen (secondary N) is 1. The summed E-state index contributed by atoms with van der Waals surface area (Å²) in [5.74, 6) is -0.0993. The summed E-state index contributed by atoms with van der Waals surface area (Å²) in [4.78, 5) is 24.5. The molecule has 0 radical (unpaired) electrons. The Labute approximate surface area is 386 Å². The van der Waals surface area contributed by atoms with Gasteiger partial charge in [-0.25, -0.2) is 0 Å². The van der Waals surface area contributed by atoms with Crippen molar-refractivity contribution in [1.29, 1.82) is 0 Å². The van der Waals surface area contributed by atoms with Gasteiger partial charge in [0.2, 0.25) is 5.91 Å². The molecule has 1 amide bonds. The Morgan fingerprint density at radius 2 is 0.806 bits per heavy atom. The van der Waals surface area contributed by atoms with Gasteiger partial charge < -0.3 is 20.3 Å². The molecule has 6 heteroatoms. The van der Waals surface area contributed by atoms with Crippen LogP contribution in [-0.2, 0) is 14.3 Å². The first-order chi connectivity index (χ1) is 30.5. The van der Waals surface area contributed by atoms with Crippen LogP contribution in [0.4, 0.5) is 0 Å². The van der Waals surface area contributed by atoms with Crippen LogP contribution in [0.2, 0.25) is 0 Å². The van der Waals surface area contributed by atoms with Crippen molar-refractivity contribution in [2.24, 2.45) is 0 Å². The minimum absolute atomic E-state index is 0.0377. The molecular weight excluding hydrogens is 767 g/mol. The van der Waals surface area contributed by atoms with Crippen molar-refractivity contribution in [3.63, 3.8) is 0 Å². The standard InChI is InChI=1S/C56H107NO5/c1-3-5-7-9-11-13-15-17-19-21-22-23-24-25-27-29-32-36-40-44-48-54(59)53(52-58)57-55(60)49-45-41-37-33-31-35-39-43-47-51-62-56(61)50-46-42-38-34-30-28-26-20-18-16-14-12-10-8-6-4-2/h14,16,20,26,53-54,58-59H,3-13,15,17-19,21-25,27-52H2,1-2H3,(H,57,60)/b16-14-,26-20-. The highest BCUT2D eigenvalue weighted by atomic mass is 16.5. The van der Waals surface area contributed by atoms with E-state index in [1.165, 1.54) is 193 Å². The Hall–Kier alpha value is -1.66. The zero-order valence-electron chi connectivity index (χ0n) is 41.6. The zero-order valence-corrected chi connectivity index (χ0v) is 41.6. The van der Waals surface area contributed by atoms with Crippen LogP contribution in [-0.4, -0.2) is 47.4 Å². The topological polar surface area (TPSA) is 95.9 Å². The van der Waals surface area contributed by atoms with E-state index in [-0.39, 0.29) is 18.5 Å². The Morgan fingerprint density at radius 3 is 1.24 bits per heavy atom. The van der Waals surface area contributed by atoms with Crippen molar-refractivity contribution in [2.45, 2.75) is 309 Å². The van der Waals surface area contributed by atoms with Crippen LogP contribution in [0.25, 0.3) is 0 Å². The monoisotopic (exact) mass is 874 g/mol. The van der Waals surface area contributed by atoms with Crippen LogP contribution < -0.4 is 5.32 Å². The van der Waals surface area contributed by atoms with Gasteiger partial charge in [-0.1, -0.05) is 250 Å². The summed E-state index contributed by atoms with van der Waals surface area (Å²) in [5.41, 5.74) is 0. The summed E-state index contributed by atoms with van der Waals surface area (Å²) in [6, 6.07) is -0.563. The van der Waals surface area contributed by atoms with Crippen LogP contribution in [0.5, 0.6) is 0 Å². The van der Waals surface area contributed by atoms with Crippen LogP contribution in [0, 0.1) is 0 Å². The van der Waals surface area contributed by atoms with E-state index >= 15 is 0 Å². The fourth-order valence-electron chi connectivity index (χ4n) is 8.49. The van der Waals surface area contributed by atoms with E-state index in [0.29, 0.717) is 25.9 Å². The van der Waals surface area contributed by atoms with Crippen LogP contribution in [0.1, 0.15) is 296 Å². The van der Waals surface area contributed by atoms with E-state index in [9.17, 15) is 19.8 Å². The number of esters is 1. The molecule has 0 bridgehead atoms. The van der Waals surface area contributed by atoms with Crippen molar-refractivity contribution < 1.29 is 24.5 Å². The first kappa shape index (κ1) is 60.3. The van der Waals surface area contributed by atoms with E-state index in [4.69, 9.17) is 4.74 Å². The molecule has 0 saturated carbocycles. The summed E-state index contributed by atoms with van der Waals surface area (Å²) in [5, 5.41) is 23.3. The van der Waals surface area contributed by atoms with Gasteiger partial charge in [-0.3, -0.25) is 9.59 Å². The van der Waals surface area contributed by atoms with Gasteiger partial charge in [0.05, 0.1) is 25.4 Å². The Balaban J connectivity index is 3.49. The summed E-state index contributed by atoms with van der Waals surface area (Å²) in [6.07, 6.45) is 61.5. The average Bonchev–Trinajstić information content (AvgIpc) is 3.27. The van der Waals surface area contributed by atoms with Gasteiger partial charge in [-0.05, 0) is 57.8 Å². The van der Waals surface area contributed by atoms with E-state index in [1.807, 2.05) is 0 Å². The minimum Gasteiger partial charge on any atom is -0.466 e. The highest BCUT2D eigenvalue weighted by Crippen LogP contribution is 2.17. The number of allylic oxidation sites excluding steroid dienone is 4. The second-order valence-corrected chi connectivity index (χ2v) is 18.9. The lowest BCUT2D eigenvalue weighted by Crippen LogP contribution is -2.45. The highest BCUT2D eigenvalue weighted by molar-refractivity contribution is 5.76. The third kappa shape index (κ3) is 47.8. The van der Waals surface area contributed by atoms with Gasteiger partial charge in [0.15, 0.2) is 0 Å². The number of hydrogen-bond acceptors (Lipinski definition) is 5. The van der Waals surface area contributed by atoms with E-state index in [2.05, 4.69) is 43.5 Å². The molecule has 6 nitrogen and oxygen atoms in total. The molecule has 62 heavy (non-hydrogen) atoms. The van der Waals surface area contributed by atoms with Gasteiger partial charge in [0.25, 0.3) is 0 Å². The molecule has 0 aromatic rings. The van der Waals surface area contributed by atoms with Crippen LogP contribution in [0.3, 0.4) is 0 Å². The second-order valence-electron chi connectivity index (χ2n) is 18.9. The molecule has 0 aromatic heterocycles. The molecule has 0 saturated heterocycles. The molecule has 2 unspecified atom stereocenters. The summed E-state index contributed by atoms with van der Waals surface area (Å²) in [7, 11) is 0. The molecule has 0 heterocycles. The molecule has 366 valence electrons. The number of aliphatic hydroxyl groups excluding tert-OH is 2. The smallest absolute Gasteiger partial charge is 0.305 e. The van der Waals surface area contributed by atoms with Crippen molar-refractivity contribution in [1.82, 2.24) is 5.32 Å². The second kappa shape index (κ2) is 52.0. The van der Waals surface area contributed by atoms with Gasteiger partial charge in [-0.2, -0.15) is 0 Å². The molecule has 0 fully saturated rings. The van der Waals surface area contributed by atoms with Crippen molar-refractivity contribution >= 4 is 11.9 Å². The molecule has 0 spiro atoms. The fourth-order valence-corrected chi connectivity index (χ4v) is 8.49. The fraction of sp³-hybridized carbons (Fsp3) is 0.893. The van der Waals surface area contributed by atoms with Gasteiger partial charge >= 0.3 is 5.97 Å². The molecule has 0 aromatic carbocycles. The van der Waals surface area contributed by atoms with Crippen molar-refractivity contribution in [2.75, 3.05) is 13.2 Å². The molecule has 2 atom stereocenters. The Kier molecular flexibility index (Phi) is 50.6. The summed E-state index contributed by atoms with van der Waals surface area (Å²) >= 11 is 0. The molecular formula is C56H107NO5. The van der Waals surface area contributed by atoms with Gasteiger partial charge in [0, 0.05) is 12.8 Å². The molecule has 0 aliphatic rings. The predicted molar refractivity (Wildman–Crippen MR) is 269 cm³/mol. The lowest BCUT2D eigenvalue weighted by molar-refractivity contribution is -0.143. The van der Waals surface area contributed by atoms with Crippen molar-refractivity contribution in [3.8, 4) is 0 Å². The number of unbranched alkanes of at least 4 members (excludes halogenated alkanes) is 36. The first-order valence-corrected chi connectivity index (χ1v) is 27.6. The molecule has 3 N–H and O–H groups in total. The lowest BCUT2D eigenvalue weighted by Gasteiger charge is -2.22. The highest BCUT2D eigenvalue weighted by Gasteiger charge is 2.20. The number of ether oxygens (including phenoxy) is 1. The van der Waals surface area contributed by atoms with Crippen molar-refractivity contribution in [3.05, 3.63) is 24.3 Å². The van der Waals surface area contributed by atoms with E-state index < -0.39 is 12.1 Å². The molecule has 0 rings (SSSR count). The zero-order chi connectivity index (χ0) is 45.1. The van der Waals surface area contributed by atoms with Crippen LogP contribution >= 0.6 is 0 Å².